The van der Waals surface area contributed by atoms with Gasteiger partial charge < -0.3 is 14.2 Å². The summed E-state index contributed by atoms with van der Waals surface area (Å²) in [5.41, 5.74) is 1.85. The second-order valence-electron chi connectivity index (χ2n) is 4.65. The maximum absolute atomic E-state index is 11.1. The van der Waals surface area contributed by atoms with Gasteiger partial charge in [-0.25, -0.2) is 4.79 Å². The van der Waals surface area contributed by atoms with Gasteiger partial charge in [0.25, 0.3) is 0 Å². The number of hydrogen-bond acceptors (Lipinski definition) is 4. The average molecular weight is 301 g/mol. The highest BCUT2D eigenvalue weighted by molar-refractivity contribution is 5.84. The van der Waals surface area contributed by atoms with Gasteiger partial charge in [-0.1, -0.05) is 17.7 Å². The van der Waals surface area contributed by atoms with E-state index in [0.29, 0.717) is 24.7 Å². The van der Waals surface area contributed by atoms with E-state index in [0.717, 1.165) is 5.75 Å². The van der Waals surface area contributed by atoms with E-state index in [1.54, 1.807) is 24.3 Å². The van der Waals surface area contributed by atoms with Crippen LogP contribution in [0.2, 0.25) is 0 Å². The maximum Gasteiger partial charge on any atom is 0.411 e. The fourth-order valence-corrected chi connectivity index (χ4v) is 1.76. The van der Waals surface area contributed by atoms with Crippen LogP contribution in [-0.4, -0.2) is 26.4 Å². The topological polar surface area (TPSA) is 56.8 Å². The summed E-state index contributed by atoms with van der Waals surface area (Å²) in [4.78, 5) is 11.1. The second kappa shape index (κ2) is 7.93. The van der Waals surface area contributed by atoms with Gasteiger partial charge in [0, 0.05) is 5.69 Å². The van der Waals surface area contributed by atoms with Gasteiger partial charge in [0.2, 0.25) is 0 Å². The molecule has 0 aliphatic carbocycles. The number of hydrogen-bond donors (Lipinski definition) is 1. The lowest BCUT2D eigenvalue weighted by molar-refractivity contribution is 0.187. The van der Waals surface area contributed by atoms with Crippen LogP contribution in [-0.2, 0) is 4.74 Å². The normalized spacial score (nSPS) is 9.91. The van der Waals surface area contributed by atoms with Gasteiger partial charge in [-0.2, -0.15) is 0 Å². The largest absolute Gasteiger partial charge is 0.490 e. The molecule has 2 aromatic rings. The van der Waals surface area contributed by atoms with Crippen LogP contribution in [0, 0.1) is 6.92 Å². The van der Waals surface area contributed by atoms with Crippen molar-refractivity contribution >= 4 is 11.8 Å². The maximum atomic E-state index is 11.1. The number of carbonyl (C=O) groups is 1. The van der Waals surface area contributed by atoms with Gasteiger partial charge in [0.1, 0.15) is 24.7 Å². The quantitative estimate of drug-likeness (QED) is 0.828. The van der Waals surface area contributed by atoms with Gasteiger partial charge in [-0.3, -0.25) is 5.32 Å². The zero-order chi connectivity index (χ0) is 15.8. The molecule has 5 nitrogen and oxygen atoms in total. The SMILES string of the molecule is COC(=O)Nc1ccc(OCCOc2ccc(C)cc2)cc1. The molecule has 0 unspecified atom stereocenters. The lowest BCUT2D eigenvalue weighted by atomic mass is 10.2. The first-order valence-corrected chi connectivity index (χ1v) is 6.94. The summed E-state index contributed by atoms with van der Waals surface area (Å²) in [6, 6.07) is 14.9. The predicted octanol–water partition coefficient (Wildman–Crippen LogP) is 3.63. The van der Waals surface area contributed by atoms with Crippen molar-refractivity contribution in [3.63, 3.8) is 0 Å². The van der Waals surface area contributed by atoms with E-state index in [1.807, 2.05) is 31.2 Å². The van der Waals surface area contributed by atoms with Crippen LogP contribution in [0.25, 0.3) is 0 Å². The zero-order valence-corrected chi connectivity index (χ0v) is 12.7. The standard InChI is InChI=1S/C17H19NO4/c1-13-3-7-15(8-4-13)21-11-12-22-16-9-5-14(6-10-16)18-17(19)20-2/h3-10H,11-12H2,1-2H3,(H,18,19). The molecule has 0 spiro atoms. The molecule has 0 saturated heterocycles. The Morgan fingerprint density at radius 1 is 0.909 bits per heavy atom. The molecule has 0 atom stereocenters. The molecular weight excluding hydrogens is 282 g/mol. The minimum Gasteiger partial charge on any atom is -0.490 e. The van der Waals surface area contributed by atoms with Crippen LogP contribution < -0.4 is 14.8 Å². The molecule has 0 aromatic heterocycles. The fraction of sp³-hybridized carbons (Fsp3) is 0.235. The Morgan fingerprint density at radius 2 is 1.41 bits per heavy atom. The Balaban J connectivity index is 1.72. The molecular formula is C17H19NO4. The van der Waals surface area contributed by atoms with Gasteiger partial charge in [0.15, 0.2) is 0 Å². The molecule has 0 radical (unpaired) electrons. The third-order valence-corrected chi connectivity index (χ3v) is 2.93. The molecule has 1 N–H and O–H groups in total. The van der Waals surface area contributed by atoms with Crippen LogP contribution in [0.15, 0.2) is 48.5 Å². The zero-order valence-electron chi connectivity index (χ0n) is 12.7. The summed E-state index contributed by atoms with van der Waals surface area (Å²) in [6.07, 6.45) is -0.500. The molecule has 2 aromatic carbocycles. The fourth-order valence-electron chi connectivity index (χ4n) is 1.76. The lowest BCUT2D eigenvalue weighted by Gasteiger charge is -2.09. The Hall–Kier alpha value is -2.69. The summed E-state index contributed by atoms with van der Waals surface area (Å²) in [7, 11) is 1.32. The summed E-state index contributed by atoms with van der Waals surface area (Å²) in [5.74, 6) is 1.54. The van der Waals surface area contributed by atoms with E-state index < -0.39 is 6.09 Å². The van der Waals surface area contributed by atoms with Crippen molar-refractivity contribution in [2.24, 2.45) is 0 Å². The van der Waals surface area contributed by atoms with E-state index >= 15 is 0 Å². The van der Waals surface area contributed by atoms with Crippen molar-refractivity contribution in [3.05, 3.63) is 54.1 Å². The number of benzene rings is 2. The van der Waals surface area contributed by atoms with Crippen LogP contribution in [0.3, 0.4) is 0 Å². The number of anilines is 1. The summed E-state index contributed by atoms with van der Waals surface area (Å²) in [6.45, 7) is 2.94. The van der Waals surface area contributed by atoms with Gasteiger partial charge in [-0.05, 0) is 43.3 Å². The van der Waals surface area contributed by atoms with Crippen LogP contribution in [0.4, 0.5) is 10.5 Å². The summed E-state index contributed by atoms with van der Waals surface area (Å²) in [5, 5.41) is 2.57. The molecule has 22 heavy (non-hydrogen) atoms. The number of amides is 1. The molecule has 0 saturated carbocycles. The van der Waals surface area contributed by atoms with E-state index in [-0.39, 0.29) is 0 Å². The van der Waals surface area contributed by atoms with Crippen molar-refractivity contribution in [1.82, 2.24) is 0 Å². The molecule has 1 amide bonds. The van der Waals surface area contributed by atoms with Crippen LogP contribution in [0.5, 0.6) is 11.5 Å². The smallest absolute Gasteiger partial charge is 0.411 e. The highest BCUT2D eigenvalue weighted by atomic mass is 16.5. The van der Waals surface area contributed by atoms with E-state index in [9.17, 15) is 4.79 Å². The molecule has 116 valence electrons. The molecule has 0 bridgehead atoms. The number of ether oxygens (including phenoxy) is 3. The summed E-state index contributed by atoms with van der Waals surface area (Å²) < 4.78 is 15.7. The third-order valence-electron chi connectivity index (χ3n) is 2.93. The Kier molecular flexibility index (Phi) is 5.65. The molecule has 0 fully saturated rings. The van der Waals surface area contributed by atoms with Gasteiger partial charge in [0.05, 0.1) is 7.11 Å². The molecule has 0 aliphatic heterocycles. The number of carbonyl (C=O) groups excluding carboxylic acids is 1. The number of rotatable bonds is 6. The Labute approximate surface area is 129 Å². The Bertz CT molecular complexity index is 593. The second-order valence-corrected chi connectivity index (χ2v) is 4.65. The molecule has 0 heterocycles. The van der Waals surface area contributed by atoms with Crippen molar-refractivity contribution in [2.45, 2.75) is 6.92 Å². The first-order chi connectivity index (χ1) is 10.7. The Morgan fingerprint density at radius 3 is 1.91 bits per heavy atom. The minimum absolute atomic E-state index is 0.442. The first kappa shape index (κ1) is 15.7. The van der Waals surface area contributed by atoms with Crippen molar-refractivity contribution in [1.29, 1.82) is 0 Å². The highest BCUT2D eigenvalue weighted by Gasteiger charge is 2.01. The molecule has 5 heteroatoms. The number of aryl methyl sites for hydroxylation is 1. The monoisotopic (exact) mass is 301 g/mol. The van der Waals surface area contributed by atoms with Crippen LogP contribution in [0.1, 0.15) is 5.56 Å². The van der Waals surface area contributed by atoms with Crippen molar-refractivity contribution in [2.75, 3.05) is 25.6 Å². The first-order valence-electron chi connectivity index (χ1n) is 6.94. The number of nitrogens with one attached hydrogen (secondary N) is 1. The van der Waals surface area contributed by atoms with E-state index in [2.05, 4.69) is 10.1 Å². The minimum atomic E-state index is -0.500. The molecule has 0 aliphatic rings. The highest BCUT2D eigenvalue weighted by Crippen LogP contribution is 2.16. The van der Waals surface area contributed by atoms with Crippen molar-refractivity contribution < 1.29 is 19.0 Å². The van der Waals surface area contributed by atoms with Crippen LogP contribution >= 0.6 is 0 Å². The average Bonchev–Trinajstić information content (AvgIpc) is 2.54. The summed E-state index contributed by atoms with van der Waals surface area (Å²) >= 11 is 0. The van der Waals surface area contributed by atoms with E-state index in [4.69, 9.17) is 9.47 Å². The lowest BCUT2D eigenvalue weighted by Crippen LogP contribution is -2.11. The molecule has 2 rings (SSSR count). The number of methoxy groups -OCH3 is 1. The van der Waals surface area contributed by atoms with Gasteiger partial charge >= 0.3 is 6.09 Å². The third kappa shape index (κ3) is 5.01. The van der Waals surface area contributed by atoms with E-state index in [1.165, 1.54) is 12.7 Å². The van der Waals surface area contributed by atoms with Crippen molar-refractivity contribution in [3.8, 4) is 11.5 Å². The van der Waals surface area contributed by atoms with Gasteiger partial charge in [-0.15, -0.1) is 0 Å². The predicted molar refractivity (Wildman–Crippen MR) is 84.6 cm³/mol.